The molecule has 0 aliphatic carbocycles. The summed E-state index contributed by atoms with van der Waals surface area (Å²) in [5.74, 6) is -0.276. The second kappa shape index (κ2) is 6.92. The second-order valence-electron chi connectivity index (χ2n) is 5.14. The summed E-state index contributed by atoms with van der Waals surface area (Å²) in [7, 11) is 4.00. The lowest BCUT2D eigenvalue weighted by molar-refractivity contribution is 0.603. The lowest BCUT2D eigenvalue weighted by Gasteiger charge is -2.21. The van der Waals surface area contributed by atoms with Gasteiger partial charge in [0.05, 0.1) is 6.04 Å². The highest BCUT2D eigenvalue weighted by Crippen LogP contribution is 2.30. The molecular formula is C17H20ClFN2. The fourth-order valence-electron chi connectivity index (χ4n) is 2.31. The Balaban J connectivity index is 2.40. The third-order valence-electron chi connectivity index (χ3n) is 3.42. The maximum absolute atomic E-state index is 13.5. The lowest BCUT2D eigenvalue weighted by atomic mass is 9.98. The van der Waals surface area contributed by atoms with E-state index >= 15 is 0 Å². The summed E-state index contributed by atoms with van der Waals surface area (Å²) < 4.78 is 13.5. The highest BCUT2D eigenvalue weighted by molar-refractivity contribution is 6.31. The van der Waals surface area contributed by atoms with Crippen LogP contribution < -0.4 is 10.2 Å². The van der Waals surface area contributed by atoms with E-state index in [9.17, 15) is 4.39 Å². The van der Waals surface area contributed by atoms with Gasteiger partial charge in [-0.1, -0.05) is 30.7 Å². The van der Waals surface area contributed by atoms with Crippen LogP contribution in [0.1, 0.15) is 24.1 Å². The van der Waals surface area contributed by atoms with Gasteiger partial charge in [-0.3, -0.25) is 0 Å². The molecule has 2 rings (SSSR count). The molecular weight excluding hydrogens is 287 g/mol. The third-order valence-corrected chi connectivity index (χ3v) is 3.76. The highest BCUT2D eigenvalue weighted by atomic mass is 35.5. The molecule has 0 amide bonds. The predicted octanol–water partition coefficient (Wildman–Crippen LogP) is 4.24. The summed E-state index contributed by atoms with van der Waals surface area (Å²) in [4.78, 5) is 2.04. The van der Waals surface area contributed by atoms with Crippen LogP contribution in [0.2, 0.25) is 5.02 Å². The van der Waals surface area contributed by atoms with Crippen molar-refractivity contribution >= 4 is 17.3 Å². The Morgan fingerprint density at radius 3 is 2.38 bits per heavy atom. The summed E-state index contributed by atoms with van der Waals surface area (Å²) in [6.07, 6.45) is 0. The number of benzene rings is 2. The minimum atomic E-state index is -0.276. The van der Waals surface area contributed by atoms with E-state index in [2.05, 4.69) is 5.32 Å². The lowest BCUT2D eigenvalue weighted by Crippen LogP contribution is -2.22. The minimum Gasteiger partial charge on any atom is -0.378 e. The van der Waals surface area contributed by atoms with Crippen molar-refractivity contribution in [1.29, 1.82) is 0 Å². The number of hydrogen-bond acceptors (Lipinski definition) is 2. The van der Waals surface area contributed by atoms with Crippen LogP contribution in [-0.2, 0) is 0 Å². The highest BCUT2D eigenvalue weighted by Gasteiger charge is 2.17. The van der Waals surface area contributed by atoms with Crippen LogP contribution in [0, 0.1) is 5.82 Å². The molecule has 112 valence electrons. The molecule has 1 atom stereocenters. The standard InChI is InChI=1S/C17H20ClFN2/c1-4-20-17(15-11-13(19)7-10-16(15)18)12-5-8-14(9-6-12)21(2)3/h5-11,17,20H,4H2,1-3H3. The first-order valence-electron chi connectivity index (χ1n) is 6.98. The van der Waals surface area contributed by atoms with E-state index in [4.69, 9.17) is 11.6 Å². The van der Waals surface area contributed by atoms with Crippen LogP contribution in [-0.4, -0.2) is 20.6 Å². The van der Waals surface area contributed by atoms with Gasteiger partial charge in [-0.05, 0) is 48.0 Å². The van der Waals surface area contributed by atoms with Gasteiger partial charge in [-0.25, -0.2) is 4.39 Å². The number of anilines is 1. The molecule has 0 aliphatic heterocycles. The Kier molecular flexibility index (Phi) is 5.21. The van der Waals surface area contributed by atoms with Gasteiger partial charge in [-0.15, -0.1) is 0 Å². The van der Waals surface area contributed by atoms with Crippen LogP contribution in [0.15, 0.2) is 42.5 Å². The van der Waals surface area contributed by atoms with Crippen molar-refractivity contribution in [3.63, 3.8) is 0 Å². The van der Waals surface area contributed by atoms with E-state index < -0.39 is 0 Å². The Bertz CT molecular complexity index is 596. The molecule has 2 nitrogen and oxygen atoms in total. The first kappa shape index (κ1) is 15.8. The summed E-state index contributed by atoms with van der Waals surface area (Å²) >= 11 is 6.24. The van der Waals surface area contributed by atoms with Crippen LogP contribution in [0.4, 0.5) is 10.1 Å². The number of nitrogens with one attached hydrogen (secondary N) is 1. The Labute approximate surface area is 130 Å². The largest absolute Gasteiger partial charge is 0.378 e. The van der Waals surface area contributed by atoms with Crippen molar-refractivity contribution in [2.75, 3.05) is 25.5 Å². The van der Waals surface area contributed by atoms with Crippen molar-refractivity contribution in [3.05, 3.63) is 64.4 Å². The summed E-state index contributed by atoms with van der Waals surface area (Å²) in [5.41, 5.74) is 2.95. The third kappa shape index (κ3) is 3.74. The van der Waals surface area contributed by atoms with Gasteiger partial charge in [0, 0.05) is 24.8 Å². The van der Waals surface area contributed by atoms with Crippen molar-refractivity contribution < 1.29 is 4.39 Å². The first-order chi connectivity index (χ1) is 10.0. The predicted molar refractivity (Wildman–Crippen MR) is 87.7 cm³/mol. The second-order valence-corrected chi connectivity index (χ2v) is 5.55. The number of hydrogen-bond donors (Lipinski definition) is 1. The van der Waals surface area contributed by atoms with E-state index in [1.54, 1.807) is 6.07 Å². The number of nitrogens with zero attached hydrogens (tertiary/aromatic N) is 1. The van der Waals surface area contributed by atoms with E-state index in [0.29, 0.717) is 5.02 Å². The zero-order valence-corrected chi connectivity index (χ0v) is 13.3. The SMILES string of the molecule is CCNC(c1ccc(N(C)C)cc1)c1cc(F)ccc1Cl. The van der Waals surface area contributed by atoms with Gasteiger partial charge in [0.2, 0.25) is 0 Å². The molecule has 1 unspecified atom stereocenters. The van der Waals surface area contributed by atoms with Gasteiger partial charge >= 0.3 is 0 Å². The molecule has 0 spiro atoms. The summed E-state index contributed by atoms with van der Waals surface area (Å²) in [5, 5.41) is 3.94. The molecule has 21 heavy (non-hydrogen) atoms. The molecule has 0 heterocycles. The molecule has 0 aromatic heterocycles. The molecule has 2 aromatic rings. The zero-order chi connectivity index (χ0) is 15.4. The molecule has 2 aromatic carbocycles. The van der Waals surface area contributed by atoms with E-state index in [1.807, 2.05) is 50.2 Å². The Hall–Kier alpha value is -1.58. The van der Waals surface area contributed by atoms with Gasteiger partial charge in [0.25, 0.3) is 0 Å². The molecule has 1 N–H and O–H groups in total. The molecule has 0 saturated heterocycles. The monoisotopic (exact) mass is 306 g/mol. The molecule has 0 bridgehead atoms. The van der Waals surface area contributed by atoms with Crippen molar-refractivity contribution in [2.45, 2.75) is 13.0 Å². The van der Waals surface area contributed by atoms with Crippen molar-refractivity contribution in [1.82, 2.24) is 5.32 Å². The average Bonchev–Trinajstić information content (AvgIpc) is 2.48. The van der Waals surface area contributed by atoms with Crippen LogP contribution in [0.3, 0.4) is 0 Å². The fraction of sp³-hybridized carbons (Fsp3) is 0.294. The van der Waals surface area contributed by atoms with Gasteiger partial charge in [0.15, 0.2) is 0 Å². The quantitative estimate of drug-likeness (QED) is 0.888. The van der Waals surface area contributed by atoms with Crippen LogP contribution in [0.5, 0.6) is 0 Å². The van der Waals surface area contributed by atoms with E-state index in [1.165, 1.54) is 12.1 Å². The normalized spacial score (nSPS) is 12.2. The van der Waals surface area contributed by atoms with E-state index in [0.717, 1.165) is 23.4 Å². The maximum Gasteiger partial charge on any atom is 0.123 e. The molecule has 4 heteroatoms. The topological polar surface area (TPSA) is 15.3 Å². The average molecular weight is 307 g/mol. The molecule has 0 radical (unpaired) electrons. The van der Waals surface area contributed by atoms with Crippen molar-refractivity contribution in [2.24, 2.45) is 0 Å². The van der Waals surface area contributed by atoms with Gasteiger partial charge in [0.1, 0.15) is 5.82 Å². The molecule has 0 aliphatic rings. The van der Waals surface area contributed by atoms with Gasteiger partial charge < -0.3 is 10.2 Å². The first-order valence-corrected chi connectivity index (χ1v) is 7.36. The van der Waals surface area contributed by atoms with Crippen LogP contribution in [0.25, 0.3) is 0 Å². The van der Waals surface area contributed by atoms with Crippen LogP contribution >= 0.6 is 11.6 Å². The summed E-state index contributed by atoms with van der Waals surface area (Å²) in [6, 6.07) is 12.5. The Morgan fingerprint density at radius 1 is 1.14 bits per heavy atom. The zero-order valence-electron chi connectivity index (χ0n) is 12.5. The van der Waals surface area contributed by atoms with Crippen molar-refractivity contribution in [3.8, 4) is 0 Å². The molecule has 0 saturated carbocycles. The Morgan fingerprint density at radius 2 is 1.81 bits per heavy atom. The smallest absolute Gasteiger partial charge is 0.123 e. The van der Waals surface area contributed by atoms with Gasteiger partial charge in [-0.2, -0.15) is 0 Å². The number of rotatable bonds is 5. The maximum atomic E-state index is 13.5. The fourth-order valence-corrected chi connectivity index (χ4v) is 2.54. The number of halogens is 2. The van der Waals surface area contributed by atoms with E-state index in [-0.39, 0.29) is 11.9 Å². The summed E-state index contributed by atoms with van der Waals surface area (Å²) in [6.45, 7) is 2.79. The minimum absolute atomic E-state index is 0.116. The molecule has 0 fully saturated rings.